The Kier molecular flexibility index (Phi) is 6.40. The number of nitrogens with one attached hydrogen (secondary N) is 1. The number of amides is 1. The molecule has 22 heavy (non-hydrogen) atoms. The van der Waals surface area contributed by atoms with Crippen LogP contribution in [0.15, 0.2) is 58.3 Å². The summed E-state index contributed by atoms with van der Waals surface area (Å²) < 4.78 is 0.158. The van der Waals surface area contributed by atoms with Gasteiger partial charge in [0.1, 0.15) is 0 Å². The van der Waals surface area contributed by atoms with Crippen molar-refractivity contribution in [2.24, 2.45) is 0 Å². The monoisotopic (exact) mass is 331 g/mol. The molecule has 0 spiro atoms. The van der Waals surface area contributed by atoms with E-state index in [1.807, 2.05) is 0 Å². The summed E-state index contributed by atoms with van der Waals surface area (Å²) in [7, 11) is 1.69. The number of carbonyl (C=O) groups excluding carboxylic acids is 1. The fourth-order valence-corrected chi connectivity index (χ4v) is 4.42. The summed E-state index contributed by atoms with van der Waals surface area (Å²) in [5.74, 6) is 0.0734. The second-order valence-electron chi connectivity index (χ2n) is 5.17. The molecule has 0 aliphatic carbocycles. The van der Waals surface area contributed by atoms with Crippen LogP contribution in [0.5, 0.6) is 0 Å². The minimum Gasteiger partial charge on any atom is -0.359 e. The zero-order valence-electron chi connectivity index (χ0n) is 13.1. The second kappa shape index (κ2) is 8.30. The normalized spacial score (nSPS) is 10.7. The Morgan fingerprint density at radius 2 is 1.32 bits per heavy atom. The molecule has 0 atom stereocenters. The van der Waals surface area contributed by atoms with Gasteiger partial charge in [-0.15, -0.1) is 23.5 Å². The van der Waals surface area contributed by atoms with Gasteiger partial charge in [-0.2, -0.15) is 0 Å². The maximum atomic E-state index is 11.8. The van der Waals surface area contributed by atoms with E-state index in [1.165, 1.54) is 20.9 Å². The van der Waals surface area contributed by atoms with E-state index in [-0.39, 0.29) is 10.5 Å². The molecule has 2 rings (SSSR count). The van der Waals surface area contributed by atoms with Crippen molar-refractivity contribution in [3.8, 4) is 0 Å². The van der Waals surface area contributed by atoms with Crippen LogP contribution in [0.2, 0.25) is 0 Å². The van der Waals surface area contributed by atoms with Crippen LogP contribution in [-0.4, -0.2) is 17.5 Å². The summed E-state index contributed by atoms with van der Waals surface area (Å²) in [5, 5.41) is 2.72. The molecule has 0 heterocycles. The molecule has 0 fully saturated rings. The molecular weight excluding hydrogens is 310 g/mol. The lowest BCUT2D eigenvalue weighted by molar-refractivity contribution is -0.120. The molecule has 0 bridgehead atoms. The molecule has 1 N–H and O–H groups in total. The van der Waals surface area contributed by atoms with Gasteiger partial charge in [0, 0.05) is 23.3 Å². The highest BCUT2D eigenvalue weighted by Crippen LogP contribution is 2.37. The Bertz CT molecular complexity index is 560. The van der Waals surface area contributed by atoms with Crippen molar-refractivity contribution in [2.75, 3.05) is 7.05 Å². The predicted octanol–water partition coefficient (Wildman–Crippen LogP) is 4.65. The van der Waals surface area contributed by atoms with Crippen molar-refractivity contribution in [1.29, 1.82) is 0 Å². The summed E-state index contributed by atoms with van der Waals surface area (Å²) in [6, 6.07) is 16.9. The van der Waals surface area contributed by atoms with E-state index >= 15 is 0 Å². The molecule has 116 valence electrons. The van der Waals surface area contributed by atoms with Gasteiger partial charge in [0.05, 0.1) is 4.58 Å². The summed E-state index contributed by atoms with van der Waals surface area (Å²) in [5.41, 5.74) is 2.50. The fourth-order valence-electron chi connectivity index (χ4n) is 1.90. The molecule has 0 aromatic heterocycles. The van der Waals surface area contributed by atoms with E-state index in [4.69, 9.17) is 0 Å². The number of carbonyl (C=O) groups is 1. The maximum absolute atomic E-state index is 11.8. The third-order valence-corrected chi connectivity index (χ3v) is 5.73. The number of benzene rings is 2. The third kappa shape index (κ3) is 5.43. The Morgan fingerprint density at radius 3 is 1.68 bits per heavy atom. The lowest BCUT2D eigenvalue weighted by atomic mass is 10.2. The maximum Gasteiger partial charge on any atom is 0.221 e. The first-order chi connectivity index (χ1) is 10.6. The van der Waals surface area contributed by atoms with Crippen LogP contribution in [-0.2, 0) is 4.79 Å². The average molecular weight is 332 g/mol. The van der Waals surface area contributed by atoms with Crippen LogP contribution in [0.3, 0.4) is 0 Å². The minimum atomic E-state index is 0.0734. The van der Waals surface area contributed by atoms with Crippen molar-refractivity contribution in [1.82, 2.24) is 5.32 Å². The molecule has 0 saturated carbocycles. The van der Waals surface area contributed by atoms with Crippen LogP contribution < -0.4 is 5.32 Å². The van der Waals surface area contributed by atoms with Gasteiger partial charge in [0.15, 0.2) is 0 Å². The first kappa shape index (κ1) is 17.0. The van der Waals surface area contributed by atoms with Gasteiger partial charge in [-0.3, -0.25) is 4.79 Å². The Hall–Kier alpha value is -1.39. The lowest BCUT2D eigenvalue weighted by Gasteiger charge is -2.16. The lowest BCUT2D eigenvalue weighted by Crippen LogP contribution is -2.21. The molecule has 0 saturated heterocycles. The van der Waals surface area contributed by atoms with Crippen molar-refractivity contribution >= 4 is 29.4 Å². The average Bonchev–Trinajstić information content (AvgIpc) is 2.51. The first-order valence-corrected chi connectivity index (χ1v) is 9.00. The summed E-state index contributed by atoms with van der Waals surface area (Å²) in [6.45, 7) is 4.16. The minimum absolute atomic E-state index is 0.0734. The molecule has 2 aromatic rings. The topological polar surface area (TPSA) is 29.1 Å². The summed E-state index contributed by atoms with van der Waals surface area (Å²) >= 11 is 3.48. The highest BCUT2D eigenvalue weighted by Gasteiger charge is 2.16. The molecule has 4 heteroatoms. The van der Waals surface area contributed by atoms with Crippen LogP contribution in [0.1, 0.15) is 17.5 Å². The molecule has 0 aliphatic rings. The number of hydrogen-bond donors (Lipinski definition) is 1. The zero-order valence-corrected chi connectivity index (χ0v) is 14.8. The van der Waals surface area contributed by atoms with Crippen LogP contribution in [0.25, 0.3) is 0 Å². The molecule has 0 unspecified atom stereocenters. The molecule has 1 amide bonds. The fraction of sp³-hybridized carbons (Fsp3) is 0.278. The highest BCUT2D eigenvalue weighted by molar-refractivity contribution is 8.17. The SMILES string of the molecule is CNC(=O)CC(Sc1ccc(C)cc1)Sc1ccc(C)cc1. The van der Waals surface area contributed by atoms with Crippen LogP contribution in [0, 0.1) is 13.8 Å². The zero-order chi connectivity index (χ0) is 15.9. The molecular formula is C18H21NOS2. The van der Waals surface area contributed by atoms with Crippen molar-refractivity contribution in [3.63, 3.8) is 0 Å². The standard InChI is InChI=1S/C18H21NOS2/c1-13-4-8-15(9-5-13)21-18(12-17(20)19-3)22-16-10-6-14(2)7-11-16/h4-11,18H,12H2,1-3H3,(H,19,20). The quantitative estimate of drug-likeness (QED) is 0.617. The van der Waals surface area contributed by atoms with Gasteiger partial charge < -0.3 is 5.32 Å². The number of rotatable bonds is 6. The Balaban J connectivity index is 2.09. The van der Waals surface area contributed by atoms with E-state index in [0.717, 1.165) is 0 Å². The number of hydrogen-bond acceptors (Lipinski definition) is 3. The van der Waals surface area contributed by atoms with Gasteiger partial charge in [0.2, 0.25) is 5.91 Å². The van der Waals surface area contributed by atoms with Crippen molar-refractivity contribution in [3.05, 3.63) is 59.7 Å². The van der Waals surface area contributed by atoms with Gasteiger partial charge in [-0.05, 0) is 38.1 Å². The molecule has 2 aromatic carbocycles. The number of thioether (sulfide) groups is 2. The predicted molar refractivity (Wildman–Crippen MR) is 96.5 cm³/mol. The van der Waals surface area contributed by atoms with Gasteiger partial charge >= 0.3 is 0 Å². The summed E-state index contributed by atoms with van der Waals surface area (Å²) in [4.78, 5) is 14.2. The highest BCUT2D eigenvalue weighted by atomic mass is 32.2. The number of aryl methyl sites for hydroxylation is 2. The Labute approximate surface area is 141 Å². The molecule has 0 aliphatic heterocycles. The van der Waals surface area contributed by atoms with E-state index in [9.17, 15) is 4.79 Å². The molecule has 2 nitrogen and oxygen atoms in total. The van der Waals surface area contributed by atoms with Gasteiger partial charge in [-0.25, -0.2) is 0 Å². The van der Waals surface area contributed by atoms with Gasteiger partial charge in [-0.1, -0.05) is 35.4 Å². The van der Waals surface area contributed by atoms with E-state index in [0.29, 0.717) is 6.42 Å². The third-order valence-electron chi connectivity index (χ3n) is 3.21. The van der Waals surface area contributed by atoms with Gasteiger partial charge in [0.25, 0.3) is 0 Å². The van der Waals surface area contributed by atoms with E-state index in [1.54, 1.807) is 30.6 Å². The Morgan fingerprint density at radius 1 is 0.909 bits per heavy atom. The van der Waals surface area contributed by atoms with Crippen molar-refractivity contribution in [2.45, 2.75) is 34.6 Å². The van der Waals surface area contributed by atoms with Crippen LogP contribution >= 0.6 is 23.5 Å². The van der Waals surface area contributed by atoms with Crippen molar-refractivity contribution < 1.29 is 4.79 Å². The van der Waals surface area contributed by atoms with E-state index in [2.05, 4.69) is 67.7 Å². The second-order valence-corrected chi connectivity index (χ2v) is 8.02. The largest absolute Gasteiger partial charge is 0.359 e. The molecule has 0 radical (unpaired) electrons. The van der Waals surface area contributed by atoms with E-state index < -0.39 is 0 Å². The first-order valence-electron chi connectivity index (χ1n) is 7.24. The summed E-state index contributed by atoms with van der Waals surface area (Å²) in [6.07, 6.45) is 0.494. The van der Waals surface area contributed by atoms with Crippen LogP contribution in [0.4, 0.5) is 0 Å². The smallest absolute Gasteiger partial charge is 0.221 e.